The Morgan fingerprint density at radius 3 is 1.71 bits per heavy atom. The van der Waals surface area contributed by atoms with Gasteiger partial charge in [0.25, 0.3) is 0 Å². The minimum absolute atomic E-state index is 0.0175. The summed E-state index contributed by atoms with van der Waals surface area (Å²) >= 11 is 0. The molecule has 0 spiro atoms. The largest absolute Gasteiger partial charge is 0.508 e. The van der Waals surface area contributed by atoms with Gasteiger partial charge in [-0.3, -0.25) is 9.59 Å². The molecule has 2 N–H and O–H groups in total. The van der Waals surface area contributed by atoms with E-state index in [-0.39, 0.29) is 50.0 Å². The summed E-state index contributed by atoms with van der Waals surface area (Å²) in [7, 11) is 0. The van der Waals surface area contributed by atoms with Crippen molar-refractivity contribution >= 4 is 11.9 Å². The second-order valence-corrected chi connectivity index (χ2v) is 8.41. The van der Waals surface area contributed by atoms with Crippen LogP contribution >= 0.6 is 0 Å². The third kappa shape index (κ3) is 11.7. The van der Waals surface area contributed by atoms with Gasteiger partial charge in [0, 0.05) is 0 Å². The SMILES string of the molecule is CC1OC1CC(CC(=O)OCC1CO1)C(=O)OCC1CO1.Oc1ccccc1.Oc1ccccc1. The minimum Gasteiger partial charge on any atom is -0.508 e. The zero-order valence-electron chi connectivity index (χ0n) is 19.7. The number of hydrogen-bond donors (Lipinski definition) is 2. The number of epoxide rings is 3. The maximum atomic E-state index is 12.1. The average molecular weight is 489 g/mol. The molecule has 3 saturated heterocycles. The van der Waals surface area contributed by atoms with Crippen LogP contribution in [0, 0.1) is 5.92 Å². The summed E-state index contributed by atoms with van der Waals surface area (Å²) in [5, 5.41) is 17.3. The number of hydrogen-bond acceptors (Lipinski definition) is 9. The van der Waals surface area contributed by atoms with Gasteiger partial charge in [0.1, 0.15) is 36.9 Å². The van der Waals surface area contributed by atoms with Crippen molar-refractivity contribution in [2.24, 2.45) is 5.92 Å². The van der Waals surface area contributed by atoms with Crippen LogP contribution in [0.4, 0.5) is 0 Å². The molecule has 0 saturated carbocycles. The lowest BCUT2D eigenvalue weighted by Crippen LogP contribution is -2.25. The molecule has 0 bridgehead atoms. The highest BCUT2D eigenvalue weighted by atomic mass is 16.6. The molecule has 0 aromatic heterocycles. The monoisotopic (exact) mass is 488 g/mol. The van der Waals surface area contributed by atoms with E-state index in [9.17, 15) is 9.59 Å². The van der Waals surface area contributed by atoms with Crippen molar-refractivity contribution in [1.82, 2.24) is 0 Å². The Bertz CT molecular complexity index is 860. The Labute approximate surface area is 204 Å². The number of aromatic hydroxyl groups is 2. The van der Waals surface area contributed by atoms with E-state index >= 15 is 0 Å². The quantitative estimate of drug-likeness (QED) is 0.404. The smallest absolute Gasteiger partial charge is 0.309 e. The third-order valence-corrected chi connectivity index (χ3v) is 5.26. The van der Waals surface area contributed by atoms with Crippen molar-refractivity contribution in [3.05, 3.63) is 60.7 Å². The summed E-state index contributed by atoms with van der Waals surface area (Å²) in [6.07, 6.45) is 0.717. The van der Waals surface area contributed by atoms with Crippen molar-refractivity contribution in [2.75, 3.05) is 26.4 Å². The molecule has 9 heteroatoms. The third-order valence-electron chi connectivity index (χ3n) is 5.26. The van der Waals surface area contributed by atoms with Crippen molar-refractivity contribution in [2.45, 2.75) is 44.2 Å². The molecule has 0 radical (unpaired) electrons. The first-order chi connectivity index (χ1) is 16.9. The molecule has 0 aliphatic carbocycles. The number of para-hydroxylation sites is 2. The summed E-state index contributed by atoms with van der Waals surface area (Å²) in [4.78, 5) is 23.8. The molecule has 0 amide bonds. The van der Waals surface area contributed by atoms with Gasteiger partial charge in [-0.05, 0) is 37.6 Å². The van der Waals surface area contributed by atoms with E-state index in [0.29, 0.717) is 31.1 Å². The first-order valence-corrected chi connectivity index (χ1v) is 11.6. The standard InChI is InChI=1S/C14H20O7.2C6H6O/c1-8-12(21-8)2-9(14(16)20-7-11-5-18-11)3-13(15)19-6-10-4-17-10;2*7-6-4-2-1-3-5-6/h8-12H,2-7H2,1H3;2*1-5,7H. The number of phenols is 2. The van der Waals surface area contributed by atoms with Gasteiger partial charge in [0.05, 0.1) is 37.8 Å². The number of phenolic OH excluding ortho intramolecular Hbond substituents is 2. The molecule has 5 atom stereocenters. The molecule has 5 unspecified atom stereocenters. The highest BCUT2D eigenvalue weighted by Crippen LogP contribution is 2.30. The molecule has 3 aliphatic rings. The zero-order valence-corrected chi connectivity index (χ0v) is 19.7. The van der Waals surface area contributed by atoms with E-state index in [1.54, 1.807) is 48.5 Å². The Hall–Kier alpha value is -3.14. The predicted molar refractivity (Wildman–Crippen MR) is 125 cm³/mol. The first-order valence-electron chi connectivity index (χ1n) is 11.6. The summed E-state index contributed by atoms with van der Waals surface area (Å²) in [6.45, 7) is 3.71. The van der Waals surface area contributed by atoms with Crippen LogP contribution in [0.3, 0.4) is 0 Å². The lowest BCUT2D eigenvalue weighted by molar-refractivity contribution is -0.156. The number of esters is 2. The lowest BCUT2D eigenvalue weighted by Gasteiger charge is -2.14. The van der Waals surface area contributed by atoms with Crippen molar-refractivity contribution < 1.29 is 43.5 Å². The van der Waals surface area contributed by atoms with Crippen LogP contribution in [-0.2, 0) is 33.3 Å². The topological polar surface area (TPSA) is 131 Å². The van der Waals surface area contributed by atoms with Gasteiger partial charge in [-0.25, -0.2) is 0 Å². The molecule has 190 valence electrons. The van der Waals surface area contributed by atoms with Crippen LogP contribution in [0.25, 0.3) is 0 Å². The second-order valence-electron chi connectivity index (χ2n) is 8.41. The fourth-order valence-electron chi connectivity index (χ4n) is 2.94. The maximum Gasteiger partial charge on any atom is 0.309 e. The molecular formula is C26H32O9. The Balaban J connectivity index is 0.000000198. The molecule has 3 fully saturated rings. The van der Waals surface area contributed by atoms with E-state index in [1.165, 1.54) is 0 Å². The molecular weight excluding hydrogens is 456 g/mol. The molecule has 3 heterocycles. The van der Waals surface area contributed by atoms with Crippen molar-refractivity contribution in [3.8, 4) is 11.5 Å². The van der Waals surface area contributed by atoms with Crippen LogP contribution in [-0.4, -0.2) is 73.0 Å². The molecule has 2 aromatic carbocycles. The van der Waals surface area contributed by atoms with Gasteiger partial charge in [-0.15, -0.1) is 0 Å². The van der Waals surface area contributed by atoms with E-state index in [2.05, 4.69) is 0 Å². The normalized spacial score (nSPS) is 23.8. The van der Waals surface area contributed by atoms with E-state index in [1.807, 2.05) is 19.1 Å². The molecule has 2 aromatic rings. The molecule has 35 heavy (non-hydrogen) atoms. The fraction of sp³-hybridized carbons (Fsp3) is 0.462. The molecule has 5 rings (SSSR count). The van der Waals surface area contributed by atoms with E-state index in [4.69, 9.17) is 33.9 Å². The maximum absolute atomic E-state index is 12.1. The van der Waals surface area contributed by atoms with Crippen LogP contribution in [0.5, 0.6) is 11.5 Å². The Morgan fingerprint density at radius 1 is 0.886 bits per heavy atom. The Kier molecular flexibility index (Phi) is 10.3. The Morgan fingerprint density at radius 2 is 1.34 bits per heavy atom. The van der Waals surface area contributed by atoms with Crippen LogP contribution in [0.15, 0.2) is 60.7 Å². The van der Waals surface area contributed by atoms with Crippen LogP contribution in [0.2, 0.25) is 0 Å². The van der Waals surface area contributed by atoms with Gasteiger partial charge in [-0.2, -0.15) is 0 Å². The fourth-order valence-corrected chi connectivity index (χ4v) is 2.94. The highest BCUT2D eigenvalue weighted by molar-refractivity contribution is 5.80. The zero-order chi connectivity index (χ0) is 25.0. The van der Waals surface area contributed by atoms with Gasteiger partial charge in [0.2, 0.25) is 0 Å². The lowest BCUT2D eigenvalue weighted by atomic mass is 9.98. The number of benzene rings is 2. The van der Waals surface area contributed by atoms with E-state index in [0.717, 1.165) is 0 Å². The van der Waals surface area contributed by atoms with Crippen molar-refractivity contribution in [1.29, 1.82) is 0 Å². The predicted octanol–water partition coefficient (Wildman–Crippen LogP) is 2.84. The first kappa shape index (κ1) is 26.5. The summed E-state index contributed by atoms with van der Waals surface area (Å²) in [5.74, 6) is -0.660. The summed E-state index contributed by atoms with van der Waals surface area (Å²) in [6, 6.07) is 17.4. The second kappa shape index (κ2) is 13.7. The number of carbonyl (C=O) groups excluding carboxylic acids is 2. The van der Waals surface area contributed by atoms with Crippen molar-refractivity contribution in [3.63, 3.8) is 0 Å². The van der Waals surface area contributed by atoms with Gasteiger partial charge < -0.3 is 33.9 Å². The van der Waals surface area contributed by atoms with Gasteiger partial charge in [-0.1, -0.05) is 36.4 Å². The summed E-state index contributed by atoms with van der Waals surface area (Å²) in [5.41, 5.74) is 0. The number of rotatable bonds is 9. The van der Waals surface area contributed by atoms with Gasteiger partial charge in [0.15, 0.2) is 0 Å². The van der Waals surface area contributed by atoms with Gasteiger partial charge >= 0.3 is 11.9 Å². The molecule has 9 nitrogen and oxygen atoms in total. The highest BCUT2D eigenvalue weighted by Gasteiger charge is 2.40. The number of ether oxygens (including phenoxy) is 5. The van der Waals surface area contributed by atoms with E-state index < -0.39 is 11.9 Å². The summed E-state index contributed by atoms with van der Waals surface area (Å²) < 4.78 is 25.5. The minimum atomic E-state index is -0.522. The number of carbonyl (C=O) groups is 2. The van der Waals surface area contributed by atoms with Crippen LogP contribution < -0.4 is 0 Å². The van der Waals surface area contributed by atoms with Crippen LogP contribution in [0.1, 0.15) is 19.8 Å². The molecule has 3 aliphatic heterocycles. The average Bonchev–Trinajstić information content (AvgIpc) is 3.72.